The van der Waals surface area contributed by atoms with Crippen molar-refractivity contribution in [3.8, 4) is 0 Å². The van der Waals surface area contributed by atoms with E-state index in [0.29, 0.717) is 18.9 Å². The molecule has 1 aliphatic carbocycles. The molecule has 2 atom stereocenters. The second-order valence-electron chi connectivity index (χ2n) is 5.10. The second kappa shape index (κ2) is 6.33. The molecule has 0 aliphatic heterocycles. The van der Waals surface area contributed by atoms with E-state index in [0.717, 1.165) is 32.4 Å². The highest BCUT2D eigenvalue weighted by Gasteiger charge is 2.38. The highest BCUT2D eigenvalue weighted by Crippen LogP contribution is 2.28. The molecular formula is C12H25N3O2. The summed E-state index contributed by atoms with van der Waals surface area (Å²) < 4.78 is 5.03. The quantitative estimate of drug-likeness (QED) is 0.647. The molecule has 1 rings (SSSR count). The second-order valence-corrected chi connectivity index (χ2v) is 5.10. The van der Waals surface area contributed by atoms with Crippen molar-refractivity contribution < 1.29 is 9.53 Å². The van der Waals surface area contributed by atoms with Crippen LogP contribution in [0.25, 0.3) is 0 Å². The van der Waals surface area contributed by atoms with Crippen molar-refractivity contribution in [3.63, 3.8) is 0 Å². The molecule has 0 aromatic heterocycles. The summed E-state index contributed by atoms with van der Waals surface area (Å²) >= 11 is 0. The fourth-order valence-electron chi connectivity index (χ4n) is 2.52. The van der Waals surface area contributed by atoms with Crippen LogP contribution in [-0.4, -0.2) is 49.7 Å². The average molecular weight is 243 g/mol. The molecular weight excluding hydrogens is 218 g/mol. The monoisotopic (exact) mass is 243 g/mol. The van der Waals surface area contributed by atoms with E-state index in [2.05, 4.69) is 11.9 Å². The molecule has 0 saturated heterocycles. The van der Waals surface area contributed by atoms with E-state index in [4.69, 9.17) is 16.2 Å². The molecule has 1 aliphatic rings. The van der Waals surface area contributed by atoms with Crippen molar-refractivity contribution in [1.82, 2.24) is 4.90 Å². The maximum absolute atomic E-state index is 11.4. The predicted octanol–water partition coefficient (Wildman–Crippen LogP) is 0.0801. The van der Waals surface area contributed by atoms with Gasteiger partial charge in [0.05, 0.1) is 5.54 Å². The largest absolute Gasteiger partial charge is 0.385 e. The fraction of sp³-hybridized carbons (Fsp3) is 0.917. The van der Waals surface area contributed by atoms with E-state index in [-0.39, 0.29) is 5.91 Å². The van der Waals surface area contributed by atoms with Crippen molar-refractivity contribution in [1.29, 1.82) is 0 Å². The van der Waals surface area contributed by atoms with Crippen LogP contribution in [0.15, 0.2) is 0 Å². The molecule has 0 bridgehead atoms. The standard InChI is InChI=1S/C12H25N3O2/c1-15(7-4-8-17-2)10-5-3-6-12(14,9-10)11(13)16/h10H,3-9,14H2,1-2H3,(H2,13,16). The lowest BCUT2D eigenvalue weighted by molar-refractivity contribution is -0.125. The zero-order valence-electron chi connectivity index (χ0n) is 10.9. The van der Waals surface area contributed by atoms with E-state index < -0.39 is 5.54 Å². The minimum Gasteiger partial charge on any atom is -0.385 e. The molecule has 1 fully saturated rings. The lowest BCUT2D eigenvalue weighted by Crippen LogP contribution is -2.57. The van der Waals surface area contributed by atoms with Gasteiger partial charge in [0, 0.05) is 26.3 Å². The first kappa shape index (κ1) is 14.4. The number of ether oxygens (including phenoxy) is 1. The maximum atomic E-state index is 11.4. The molecule has 100 valence electrons. The number of rotatable bonds is 6. The van der Waals surface area contributed by atoms with E-state index >= 15 is 0 Å². The summed E-state index contributed by atoms with van der Waals surface area (Å²) in [5, 5.41) is 0. The number of hydrogen-bond donors (Lipinski definition) is 2. The van der Waals surface area contributed by atoms with Crippen LogP contribution in [0.4, 0.5) is 0 Å². The van der Waals surface area contributed by atoms with Crippen LogP contribution in [0.2, 0.25) is 0 Å². The fourth-order valence-corrected chi connectivity index (χ4v) is 2.52. The Bertz CT molecular complexity index is 260. The number of nitrogens with zero attached hydrogens (tertiary/aromatic N) is 1. The first-order valence-corrected chi connectivity index (χ1v) is 6.27. The molecule has 0 aromatic rings. The van der Waals surface area contributed by atoms with E-state index in [1.165, 1.54) is 0 Å². The van der Waals surface area contributed by atoms with Gasteiger partial charge in [-0.05, 0) is 39.2 Å². The summed E-state index contributed by atoms with van der Waals surface area (Å²) in [4.78, 5) is 13.6. The topological polar surface area (TPSA) is 81.6 Å². The normalized spacial score (nSPS) is 29.5. The third-order valence-electron chi connectivity index (χ3n) is 3.73. The van der Waals surface area contributed by atoms with Crippen LogP contribution in [0.5, 0.6) is 0 Å². The van der Waals surface area contributed by atoms with Crippen LogP contribution >= 0.6 is 0 Å². The van der Waals surface area contributed by atoms with Crippen LogP contribution in [0, 0.1) is 0 Å². The number of primary amides is 1. The number of methoxy groups -OCH3 is 1. The van der Waals surface area contributed by atoms with Crippen molar-refractivity contribution in [2.45, 2.75) is 43.7 Å². The molecule has 17 heavy (non-hydrogen) atoms. The zero-order chi connectivity index (χ0) is 12.9. The Balaban J connectivity index is 2.45. The number of carbonyl (C=O) groups excluding carboxylic acids is 1. The first-order valence-electron chi connectivity index (χ1n) is 6.27. The van der Waals surface area contributed by atoms with Gasteiger partial charge in [-0.1, -0.05) is 0 Å². The molecule has 1 amide bonds. The van der Waals surface area contributed by atoms with Gasteiger partial charge in [-0.15, -0.1) is 0 Å². The van der Waals surface area contributed by atoms with Gasteiger partial charge in [-0.3, -0.25) is 4.79 Å². The van der Waals surface area contributed by atoms with Gasteiger partial charge in [0.25, 0.3) is 0 Å². The lowest BCUT2D eigenvalue weighted by Gasteiger charge is -2.39. The summed E-state index contributed by atoms with van der Waals surface area (Å²) in [6.07, 6.45) is 4.45. The molecule has 5 nitrogen and oxygen atoms in total. The molecule has 4 N–H and O–H groups in total. The van der Waals surface area contributed by atoms with Gasteiger partial charge in [-0.25, -0.2) is 0 Å². The van der Waals surface area contributed by atoms with Crippen molar-refractivity contribution in [2.24, 2.45) is 11.5 Å². The highest BCUT2D eigenvalue weighted by atomic mass is 16.5. The van der Waals surface area contributed by atoms with Crippen LogP contribution in [0.1, 0.15) is 32.1 Å². The lowest BCUT2D eigenvalue weighted by atomic mass is 9.78. The smallest absolute Gasteiger partial charge is 0.237 e. The van der Waals surface area contributed by atoms with E-state index in [1.807, 2.05) is 0 Å². The Morgan fingerprint density at radius 1 is 1.59 bits per heavy atom. The minimum absolute atomic E-state index is 0.359. The summed E-state index contributed by atoms with van der Waals surface area (Å²) in [5.74, 6) is -0.368. The van der Waals surface area contributed by atoms with E-state index in [1.54, 1.807) is 7.11 Å². The van der Waals surface area contributed by atoms with Crippen LogP contribution in [0.3, 0.4) is 0 Å². The summed E-state index contributed by atoms with van der Waals surface area (Å²) in [7, 11) is 3.78. The third-order valence-corrected chi connectivity index (χ3v) is 3.73. The Morgan fingerprint density at radius 2 is 2.29 bits per heavy atom. The Kier molecular flexibility index (Phi) is 5.36. The third kappa shape index (κ3) is 3.94. The van der Waals surface area contributed by atoms with Crippen molar-refractivity contribution >= 4 is 5.91 Å². The van der Waals surface area contributed by atoms with Gasteiger partial charge in [-0.2, -0.15) is 0 Å². The highest BCUT2D eigenvalue weighted by molar-refractivity contribution is 5.84. The van der Waals surface area contributed by atoms with Crippen molar-refractivity contribution in [2.75, 3.05) is 27.3 Å². The van der Waals surface area contributed by atoms with Gasteiger partial charge in [0.1, 0.15) is 0 Å². The molecule has 5 heteroatoms. The SMILES string of the molecule is COCCCN(C)C1CCCC(N)(C(N)=O)C1. The number of hydrogen-bond acceptors (Lipinski definition) is 4. The Hall–Kier alpha value is -0.650. The molecule has 2 unspecified atom stereocenters. The molecule has 0 radical (unpaired) electrons. The number of nitrogens with two attached hydrogens (primary N) is 2. The average Bonchev–Trinajstić information content (AvgIpc) is 2.29. The van der Waals surface area contributed by atoms with Crippen LogP contribution in [-0.2, 0) is 9.53 Å². The molecule has 0 aromatic carbocycles. The molecule has 0 heterocycles. The minimum atomic E-state index is -0.807. The zero-order valence-corrected chi connectivity index (χ0v) is 10.9. The predicted molar refractivity (Wildman–Crippen MR) is 67.5 cm³/mol. The Labute approximate surface area is 103 Å². The molecule has 0 spiro atoms. The first-order chi connectivity index (χ1) is 7.99. The van der Waals surface area contributed by atoms with E-state index in [9.17, 15) is 4.79 Å². The number of amides is 1. The maximum Gasteiger partial charge on any atom is 0.237 e. The van der Waals surface area contributed by atoms with Gasteiger partial charge >= 0.3 is 0 Å². The van der Waals surface area contributed by atoms with Crippen LogP contribution < -0.4 is 11.5 Å². The summed E-state index contributed by atoms with van der Waals surface area (Å²) in [6, 6.07) is 0.359. The Morgan fingerprint density at radius 3 is 2.88 bits per heavy atom. The van der Waals surface area contributed by atoms with Gasteiger partial charge < -0.3 is 21.1 Å². The van der Waals surface area contributed by atoms with Crippen molar-refractivity contribution in [3.05, 3.63) is 0 Å². The number of carbonyl (C=O) groups is 1. The molecule has 1 saturated carbocycles. The van der Waals surface area contributed by atoms with Gasteiger partial charge in [0.2, 0.25) is 5.91 Å². The summed E-state index contributed by atoms with van der Waals surface area (Å²) in [6.45, 7) is 1.73. The van der Waals surface area contributed by atoms with Gasteiger partial charge in [0.15, 0.2) is 0 Å². The summed E-state index contributed by atoms with van der Waals surface area (Å²) in [5.41, 5.74) is 10.6.